The van der Waals surface area contributed by atoms with Gasteiger partial charge in [-0.3, -0.25) is 0 Å². The van der Waals surface area contributed by atoms with Crippen LogP contribution in [0.15, 0.2) is 44.1 Å². The van der Waals surface area contributed by atoms with Crippen LogP contribution in [0.3, 0.4) is 0 Å². The molecule has 6 nitrogen and oxygen atoms in total. The monoisotopic (exact) mass is 309 g/mol. The van der Waals surface area contributed by atoms with Crippen LogP contribution in [0, 0.1) is 0 Å². The van der Waals surface area contributed by atoms with Crippen molar-refractivity contribution in [3.8, 4) is 11.3 Å². The minimum absolute atomic E-state index is 0.275. The first-order valence-corrected chi connectivity index (χ1v) is 6.90. The topological polar surface area (TPSA) is 85.4 Å². The number of carbonyl (C=O) groups excluding carboxylic acids is 1. The molecule has 0 bridgehead atoms. The summed E-state index contributed by atoms with van der Waals surface area (Å²) in [6.45, 7) is 3.96. The van der Waals surface area contributed by atoms with Gasteiger partial charge in [-0.1, -0.05) is 12.6 Å². The first kappa shape index (κ1) is 13.4. The number of ether oxygens (including phenoxy) is 1. The van der Waals surface area contributed by atoms with Crippen LogP contribution in [0.1, 0.15) is 21.7 Å². The number of furan rings is 1. The fraction of sp³-hybridized carbons (Fsp3) is 0.0588. The van der Waals surface area contributed by atoms with E-state index in [-0.39, 0.29) is 12.6 Å². The SMILES string of the molecule is C=c1[nH]oc(=O)c1=Cc1ccc(-c2ccc3c(c2)COC3=O)o1. The normalized spacial score (nSPS) is 14.1. The molecule has 1 aromatic carbocycles. The van der Waals surface area contributed by atoms with Crippen LogP contribution in [0.5, 0.6) is 0 Å². The van der Waals surface area contributed by atoms with Crippen molar-refractivity contribution in [1.82, 2.24) is 5.16 Å². The molecule has 0 fully saturated rings. The lowest BCUT2D eigenvalue weighted by atomic mass is 10.0. The highest BCUT2D eigenvalue weighted by Gasteiger charge is 2.21. The number of rotatable bonds is 2. The number of hydrogen-bond donors (Lipinski definition) is 1. The predicted octanol–water partition coefficient (Wildman–Crippen LogP) is 1.14. The van der Waals surface area contributed by atoms with E-state index in [1.165, 1.54) is 0 Å². The minimum atomic E-state index is -0.499. The minimum Gasteiger partial charge on any atom is -0.457 e. The Balaban J connectivity index is 1.75. The van der Waals surface area contributed by atoms with Crippen LogP contribution in [0.25, 0.3) is 24.0 Å². The highest BCUT2D eigenvalue weighted by atomic mass is 16.5. The van der Waals surface area contributed by atoms with Crippen LogP contribution in [0.4, 0.5) is 0 Å². The Kier molecular flexibility index (Phi) is 2.84. The third kappa shape index (κ3) is 2.20. The van der Waals surface area contributed by atoms with Crippen molar-refractivity contribution in [1.29, 1.82) is 0 Å². The second kappa shape index (κ2) is 4.88. The second-order valence-electron chi connectivity index (χ2n) is 5.18. The lowest BCUT2D eigenvalue weighted by molar-refractivity contribution is 0.0535. The van der Waals surface area contributed by atoms with Gasteiger partial charge in [0.15, 0.2) is 0 Å². The third-order valence-corrected chi connectivity index (χ3v) is 3.69. The molecule has 0 aliphatic carbocycles. The van der Waals surface area contributed by atoms with Crippen molar-refractivity contribution in [2.24, 2.45) is 0 Å². The van der Waals surface area contributed by atoms with E-state index in [1.54, 1.807) is 30.3 Å². The van der Waals surface area contributed by atoms with Crippen molar-refractivity contribution >= 4 is 18.6 Å². The van der Waals surface area contributed by atoms with Gasteiger partial charge in [0.2, 0.25) is 0 Å². The Hall–Kier alpha value is -3.28. The number of fused-ring (bicyclic) bond motifs is 1. The third-order valence-electron chi connectivity index (χ3n) is 3.69. The summed E-state index contributed by atoms with van der Waals surface area (Å²) in [5.74, 6) is 0.829. The van der Waals surface area contributed by atoms with Crippen LogP contribution in [-0.2, 0) is 11.3 Å². The average molecular weight is 309 g/mol. The van der Waals surface area contributed by atoms with Crippen molar-refractivity contribution in [2.45, 2.75) is 6.61 Å². The molecule has 0 saturated heterocycles. The first-order chi connectivity index (χ1) is 11.1. The number of benzene rings is 1. The summed E-state index contributed by atoms with van der Waals surface area (Å²) in [7, 11) is 0. The van der Waals surface area contributed by atoms with Crippen LogP contribution >= 0.6 is 0 Å². The Morgan fingerprint density at radius 3 is 2.83 bits per heavy atom. The van der Waals surface area contributed by atoms with E-state index in [0.29, 0.717) is 27.7 Å². The molecule has 23 heavy (non-hydrogen) atoms. The van der Waals surface area contributed by atoms with Crippen molar-refractivity contribution in [3.63, 3.8) is 0 Å². The summed E-state index contributed by atoms with van der Waals surface area (Å²) >= 11 is 0. The zero-order valence-electron chi connectivity index (χ0n) is 11.9. The Morgan fingerprint density at radius 1 is 1.17 bits per heavy atom. The summed E-state index contributed by atoms with van der Waals surface area (Å²) in [4.78, 5) is 23.0. The lowest BCUT2D eigenvalue weighted by Crippen LogP contribution is -2.31. The number of hydrogen-bond acceptors (Lipinski definition) is 5. The molecule has 4 rings (SSSR count). The summed E-state index contributed by atoms with van der Waals surface area (Å²) in [5.41, 5.74) is 1.75. The molecule has 1 N–H and O–H groups in total. The molecule has 0 spiro atoms. The second-order valence-corrected chi connectivity index (χ2v) is 5.18. The van der Waals surface area contributed by atoms with Crippen LogP contribution in [-0.4, -0.2) is 11.1 Å². The van der Waals surface area contributed by atoms with Crippen molar-refractivity contribution in [3.05, 3.63) is 68.2 Å². The van der Waals surface area contributed by atoms with E-state index in [1.807, 2.05) is 6.07 Å². The van der Waals surface area contributed by atoms with E-state index in [9.17, 15) is 9.59 Å². The highest BCUT2D eigenvalue weighted by molar-refractivity contribution is 5.94. The maximum Gasteiger partial charge on any atom is 0.365 e. The molecule has 3 heterocycles. The first-order valence-electron chi connectivity index (χ1n) is 6.90. The van der Waals surface area contributed by atoms with E-state index in [4.69, 9.17) is 9.15 Å². The number of H-pyrrole nitrogens is 1. The number of esters is 1. The van der Waals surface area contributed by atoms with Crippen LogP contribution in [0.2, 0.25) is 0 Å². The van der Waals surface area contributed by atoms with Gasteiger partial charge in [0.25, 0.3) is 0 Å². The summed E-state index contributed by atoms with van der Waals surface area (Å²) < 4.78 is 15.4. The molecule has 114 valence electrons. The van der Waals surface area contributed by atoms with E-state index >= 15 is 0 Å². The number of carbonyl (C=O) groups is 1. The van der Waals surface area contributed by atoms with Gasteiger partial charge in [0, 0.05) is 11.1 Å². The zero-order valence-corrected chi connectivity index (χ0v) is 11.9. The van der Waals surface area contributed by atoms with Crippen molar-refractivity contribution in [2.75, 3.05) is 0 Å². The molecule has 2 aromatic heterocycles. The van der Waals surface area contributed by atoms with Crippen LogP contribution < -0.4 is 16.2 Å². The van der Waals surface area contributed by atoms with Gasteiger partial charge < -0.3 is 13.7 Å². The Morgan fingerprint density at radius 2 is 2.04 bits per heavy atom. The zero-order chi connectivity index (χ0) is 16.0. The average Bonchev–Trinajstić information content (AvgIpc) is 3.24. The molecule has 0 atom stereocenters. The van der Waals surface area contributed by atoms with Gasteiger partial charge >= 0.3 is 11.6 Å². The quantitative estimate of drug-likeness (QED) is 0.717. The van der Waals surface area contributed by atoms with Gasteiger partial charge in [0.1, 0.15) is 18.1 Å². The van der Waals surface area contributed by atoms with Gasteiger partial charge in [-0.15, -0.1) is 0 Å². The van der Waals surface area contributed by atoms with Gasteiger partial charge in [-0.05, 0) is 30.3 Å². The number of aromatic amines is 1. The van der Waals surface area contributed by atoms with Gasteiger partial charge in [-0.2, -0.15) is 0 Å². The molecule has 0 unspecified atom stereocenters. The summed E-state index contributed by atoms with van der Waals surface area (Å²) in [6.07, 6.45) is 1.56. The molecule has 1 aliphatic rings. The summed E-state index contributed by atoms with van der Waals surface area (Å²) in [6, 6.07) is 8.92. The maximum absolute atomic E-state index is 11.5. The number of aromatic nitrogens is 1. The number of cyclic esters (lactones) is 1. The Bertz CT molecular complexity index is 1050. The van der Waals surface area contributed by atoms with Gasteiger partial charge in [0.05, 0.1) is 16.1 Å². The Labute approximate surface area is 129 Å². The standard InChI is InChI=1S/C17H11NO5/c1-9-14(17(20)23-18-9)7-12-3-5-15(22-12)10-2-4-13-11(6-10)8-21-16(13)19/h2-7,18H,1,8H2. The molecular formula is C17H11NO5. The summed E-state index contributed by atoms with van der Waals surface area (Å²) in [5, 5.41) is 3.12. The van der Waals surface area contributed by atoms with E-state index < -0.39 is 5.63 Å². The lowest BCUT2D eigenvalue weighted by Gasteiger charge is -1.99. The van der Waals surface area contributed by atoms with Gasteiger partial charge in [-0.25, -0.2) is 14.7 Å². The number of nitrogens with one attached hydrogen (secondary N) is 1. The fourth-order valence-corrected chi connectivity index (χ4v) is 2.50. The molecule has 0 saturated carbocycles. The molecule has 3 aromatic rings. The van der Waals surface area contributed by atoms with E-state index in [0.717, 1.165) is 11.1 Å². The maximum atomic E-state index is 11.5. The van der Waals surface area contributed by atoms with Crippen molar-refractivity contribution < 1.29 is 18.5 Å². The smallest absolute Gasteiger partial charge is 0.365 e. The molecular weight excluding hydrogens is 298 g/mol. The fourth-order valence-electron chi connectivity index (χ4n) is 2.50. The molecule has 1 aliphatic heterocycles. The molecule has 0 amide bonds. The molecule has 6 heteroatoms. The molecule has 0 radical (unpaired) electrons. The van der Waals surface area contributed by atoms with E-state index in [2.05, 4.69) is 16.3 Å². The predicted molar refractivity (Wildman–Crippen MR) is 80.9 cm³/mol. The largest absolute Gasteiger partial charge is 0.457 e. The highest BCUT2D eigenvalue weighted by Crippen LogP contribution is 2.28.